The Morgan fingerprint density at radius 3 is 2.47 bits per heavy atom. The first-order valence-corrected chi connectivity index (χ1v) is 4.63. The van der Waals surface area contributed by atoms with E-state index in [9.17, 15) is 19.7 Å². The van der Waals surface area contributed by atoms with Gasteiger partial charge in [-0.3, -0.25) is 19.7 Å². The Morgan fingerprint density at radius 1 is 1.41 bits per heavy atom. The van der Waals surface area contributed by atoms with Crippen LogP contribution in [0, 0.1) is 10.1 Å². The molecule has 0 N–H and O–H groups in total. The average molecular weight is 243 g/mol. The third kappa shape index (κ3) is 7.86. The van der Waals surface area contributed by atoms with Gasteiger partial charge in [0.05, 0.1) is 5.57 Å². The molecule has 0 fully saturated rings. The van der Waals surface area contributed by atoms with Crippen LogP contribution in [0.3, 0.4) is 0 Å². The van der Waals surface area contributed by atoms with Crippen LogP contribution in [0.5, 0.6) is 0 Å². The number of carbonyl (C=O) groups excluding carboxylic acids is 2. The lowest BCUT2D eigenvalue weighted by molar-refractivity contribution is -0.469. The van der Waals surface area contributed by atoms with Gasteiger partial charge in [0, 0.05) is 19.0 Å². The molecule has 0 rings (SSSR count). The summed E-state index contributed by atoms with van der Waals surface area (Å²) in [4.78, 5) is 30.8. The van der Waals surface area contributed by atoms with Crippen LogP contribution >= 0.6 is 0 Å². The molecule has 0 aromatic heterocycles. The quantitative estimate of drug-likeness (QED) is 0.123. The van der Waals surface area contributed by atoms with Gasteiger partial charge in [-0.25, -0.2) is 0 Å². The van der Waals surface area contributed by atoms with E-state index in [1.165, 1.54) is 26.2 Å². The molecule has 0 aliphatic carbocycles. The summed E-state index contributed by atoms with van der Waals surface area (Å²) in [5.74, 6) is -0.369. The van der Waals surface area contributed by atoms with E-state index < -0.39 is 17.4 Å². The van der Waals surface area contributed by atoms with Gasteiger partial charge in [0.15, 0.2) is 6.29 Å². The Balaban J connectivity index is 4.76. The number of ether oxygens (including phenoxy) is 2. The molecule has 17 heavy (non-hydrogen) atoms. The van der Waals surface area contributed by atoms with Gasteiger partial charge < -0.3 is 9.47 Å². The highest BCUT2D eigenvalue weighted by atomic mass is 16.6. The summed E-state index contributed by atoms with van der Waals surface area (Å²) in [5.41, 5.74) is -0.0317. The van der Waals surface area contributed by atoms with Crippen molar-refractivity contribution in [3.05, 3.63) is 33.6 Å². The lowest BCUT2D eigenvalue weighted by Gasteiger charge is -2.04. The van der Waals surface area contributed by atoms with Crippen molar-refractivity contribution in [1.82, 2.24) is 0 Å². The zero-order valence-corrected chi connectivity index (χ0v) is 9.54. The molecule has 7 nitrogen and oxygen atoms in total. The fraction of sp³-hybridized carbons (Fsp3) is 0.400. The van der Waals surface area contributed by atoms with E-state index >= 15 is 0 Å². The van der Waals surface area contributed by atoms with Crippen LogP contribution in [0.4, 0.5) is 0 Å². The van der Waals surface area contributed by atoms with Crippen LogP contribution < -0.4 is 0 Å². The maximum atomic E-state index is 10.7. The molecule has 0 saturated heterocycles. The number of aldehydes is 1. The third-order valence-electron chi connectivity index (χ3n) is 1.51. The Labute approximate surface area is 97.8 Å². The van der Waals surface area contributed by atoms with Gasteiger partial charge in [0.25, 0.3) is 0 Å². The van der Waals surface area contributed by atoms with Crippen LogP contribution in [-0.2, 0) is 19.1 Å². The SMILES string of the molecule is COC/C(=C\C=C(\C=O)C[N+](=O)[O-])OC(C)=O. The second-order valence-electron chi connectivity index (χ2n) is 3.01. The molecule has 0 atom stereocenters. The van der Waals surface area contributed by atoms with Gasteiger partial charge in [-0.05, 0) is 12.2 Å². The van der Waals surface area contributed by atoms with E-state index in [2.05, 4.69) is 0 Å². The van der Waals surface area contributed by atoms with Crippen LogP contribution in [0.15, 0.2) is 23.5 Å². The number of rotatable bonds is 7. The maximum Gasteiger partial charge on any atom is 0.307 e. The van der Waals surface area contributed by atoms with Crippen molar-refractivity contribution in [2.45, 2.75) is 6.92 Å². The van der Waals surface area contributed by atoms with Crippen molar-refractivity contribution in [2.24, 2.45) is 0 Å². The molecule has 0 aliphatic rings. The summed E-state index contributed by atoms with van der Waals surface area (Å²) in [7, 11) is 1.40. The Kier molecular flexibility index (Phi) is 7.20. The Bertz CT molecular complexity index is 358. The van der Waals surface area contributed by atoms with E-state index in [1.54, 1.807) is 0 Å². The van der Waals surface area contributed by atoms with E-state index in [4.69, 9.17) is 9.47 Å². The predicted octanol–water partition coefficient (Wildman–Crippen LogP) is 0.482. The summed E-state index contributed by atoms with van der Waals surface area (Å²) in [6.07, 6.45) is 2.88. The topological polar surface area (TPSA) is 95.7 Å². The molecule has 0 radical (unpaired) electrons. The summed E-state index contributed by atoms with van der Waals surface area (Å²) < 4.78 is 9.51. The predicted molar refractivity (Wildman–Crippen MR) is 57.7 cm³/mol. The molecule has 0 bridgehead atoms. The molecular weight excluding hydrogens is 230 g/mol. The molecular formula is C10H13NO6. The largest absolute Gasteiger partial charge is 0.429 e. The molecule has 94 valence electrons. The van der Waals surface area contributed by atoms with Crippen molar-refractivity contribution in [2.75, 3.05) is 20.3 Å². The summed E-state index contributed by atoms with van der Waals surface area (Å²) >= 11 is 0. The zero-order chi connectivity index (χ0) is 13.3. The minimum absolute atomic E-state index is 0.0285. The summed E-state index contributed by atoms with van der Waals surface area (Å²) in [6.45, 7) is 0.659. The Hall–Kier alpha value is -2.02. The third-order valence-corrected chi connectivity index (χ3v) is 1.51. The highest BCUT2D eigenvalue weighted by molar-refractivity contribution is 5.74. The second-order valence-corrected chi connectivity index (χ2v) is 3.01. The number of nitrogens with zero attached hydrogens (tertiary/aromatic N) is 1. The first-order chi connectivity index (χ1) is 7.99. The molecule has 0 aromatic carbocycles. The molecule has 0 aromatic rings. The average Bonchev–Trinajstić information content (AvgIpc) is 2.22. The molecule has 0 heterocycles. The van der Waals surface area contributed by atoms with E-state index in [0.717, 1.165) is 0 Å². The maximum absolute atomic E-state index is 10.7. The number of allylic oxidation sites excluding steroid dienone is 2. The summed E-state index contributed by atoms with van der Waals surface area (Å²) in [5, 5.41) is 10.2. The smallest absolute Gasteiger partial charge is 0.307 e. The molecule has 0 spiro atoms. The number of hydrogen-bond donors (Lipinski definition) is 0. The van der Waals surface area contributed by atoms with Crippen molar-refractivity contribution in [3.63, 3.8) is 0 Å². The van der Waals surface area contributed by atoms with Gasteiger partial charge in [0.2, 0.25) is 6.54 Å². The van der Waals surface area contributed by atoms with Crippen molar-refractivity contribution >= 4 is 12.3 Å². The lowest BCUT2D eigenvalue weighted by atomic mass is 10.2. The van der Waals surface area contributed by atoms with Crippen molar-refractivity contribution < 1.29 is 24.0 Å². The highest BCUT2D eigenvalue weighted by Gasteiger charge is 2.04. The second kappa shape index (κ2) is 8.17. The first kappa shape index (κ1) is 15.0. The van der Waals surface area contributed by atoms with Gasteiger partial charge >= 0.3 is 5.97 Å². The lowest BCUT2D eigenvalue weighted by Crippen LogP contribution is -2.06. The molecule has 7 heteroatoms. The molecule has 0 amide bonds. The van der Waals surface area contributed by atoms with Gasteiger partial charge in [-0.1, -0.05) is 0 Å². The van der Waals surface area contributed by atoms with Gasteiger partial charge in [-0.2, -0.15) is 0 Å². The minimum Gasteiger partial charge on any atom is -0.429 e. The van der Waals surface area contributed by atoms with Crippen LogP contribution in [0.2, 0.25) is 0 Å². The van der Waals surface area contributed by atoms with Crippen molar-refractivity contribution in [1.29, 1.82) is 0 Å². The fourth-order valence-electron chi connectivity index (χ4n) is 0.917. The highest BCUT2D eigenvalue weighted by Crippen LogP contribution is 2.01. The zero-order valence-electron chi connectivity index (χ0n) is 9.54. The first-order valence-electron chi connectivity index (χ1n) is 4.63. The molecule has 0 aliphatic heterocycles. The van der Waals surface area contributed by atoms with Crippen LogP contribution in [-0.4, -0.2) is 37.4 Å². The standard InChI is InChI=1S/C10H13NO6/c1-8(13)17-10(7-16-2)4-3-9(6-12)5-11(14)15/h3-4,6H,5,7H2,1-2H3/b9-3+,10-4+. The number of methoxy groups -OCH3 is 1. The van der Waals surface area contributed by atoms with Gasteiger partial charge in [-0.15, -0.1) is 0 Å². The number of esters is 1. The number of nitro groups is 1. The number of hydrogen-bond acceptors (Lipinski definition) is 6. The normalized spacial score (nSPS) is 12.1. The summed E-state index contributed by atoms with van der Waals surface area (Å²) in [6, 6.07) is 0. The molecule has 0 unspecified atom stereocenters. The van der Waals surface area contributed by atoms with E-state index in [-0.39, 0.29) is 17.9 Å². The molecule has 0 saturated carbocycles. The van der Waals surface area contributed by atoms with E-state index in [1.807, 2.05) is 0 Å². The monoisotopic (exact) mass is 243 g/mol. The minimum atomic E-state index is -0.629. The van der Waals surface area contributed by atoms with Crippen molar-refractivity contribution in [3.8, 4) is 0 Å². The van der Waals surface area contributed by atoms with E-state index in [0.29, 0.717) is 6.29 Å². The van der Waals surface area contributed by atoms with Crippen LogP contribution in [0.1, 0.15) is 6.92 Å². The number of carbonyl (C=O) groups is 2. The Morgan fingerprint density at radius 2 is 2.06 bits per heavy atom. The van der Waals surface area contributed by atoms with Crippen LogP contribution in [0.25, 0.3) is 0 Å². The fourth-order valence-corrected chi connectivity index (χ4v) is 0.917. The van der Waals surface area contributed by atoms with Gasteiger partial charge in [0.1, 0.15) is 12.4 Å².